The number of halogens is 2. The van der Waals surface area contributed by atoms with Crippen molar-refractivity contribution in [3.05, 3.63) is 49.9 Å². The predicted octanol–water partition coefficient (Wildman–Crippen LogP) is 3.51. The largest absolute Gasteiger partial charge is 0.352 e. The first-order valence-electron chi connectivity index (χ1n) is 12.9. The van der Waals surface area contributed by atoms with E-state index in [0.717, 1.165) is 33.3 Å². The molecule has 0 saturated heterocycles. The van der Waals surface area contributed by atoms with Gasteiger partial charge in [0.25, 0.3) is 10.0 Å². The third-order valence-corrected chi connectivity index (χ3v) is 10.5. The Kier molecular flexibility index (Phi) is 12.6. The Balaban J connectivity index is 1.81. The van der Waals surface area contributed by atoms with Gasteiger partial charge in [0.15, 0.2) is 0 Å². The molecular formula is C26H34ClIN4O5S3. The zero-order chi connectivity index (χ0) is 29.4. The Morgan fingerprint density at radius 2 is 1.60 bits per heavy atom. The molecule has 4 N–H and O–H groups in total. The van der Waals surface area contributed by atoms with Crippen LogP contribution in [0.3, 0.4) is 0 Å². The maximum atomic E-state index is 13.5. The Bertz CT molecular complexity index is 1290. The monoisotopic (exact) mass is 740 g/mol. The van der Waals surface area contributed by atoms with Gasteiger partial charge in [-0.1, -0.05) is 37.6 Å². The lowest BCUT2D eigenvalue weighted by molar-refractivity contribution is -0.132. The molecule has 3 rings (SSSR count). The Labute approximate surface area is 263 Å². The lowest BCUT2D eigenvalue weighted by atomic mass is 10.0. The minimum atomic E-state index is -4.03. The standard InChI is InChI=1S/C26H34ClIN4O5S3/c1-15(2)3-10-19(32-40(36,37)23-12-11-22(27)39-23)24(33)30-20(13-16-4-6-17(28)7-5-16)25(34)31-21(14-38)26(35)29-18-8-9-18/h4-7,11-12,15,18-21,32,38H,3,8-10,13-14H2,1-2H3,(H,29,35)(H,30,33)(H,31,34)/t19-,20-,21-/m0/s1. The molecule has 1 saturated carbocycles. The minimum Gasteiger partial charge on any atom is -0.352 e. The van der Waals surface area contributed by atoms with Crippen molar-refractivity contribution in [3.8, 4) is 0 Å². The number of hydrogen-bond acceptors (Lipinski definition) is 7. The van der Waals surface area contributed by atoms with Crippen LogP contribution in [-0.4, -0.2) is 56.1 Å². The highest BCUT2D eigenvalue weighted by Gasteiger charge is 2.33. The average Bonchev–Trinajstić information content (AvgIpc) is 3.60. The zero-order valence-electron chi connectivity index (χ0n) is 22.2. The van der Waals surface area contributed by atoms with Gasteiger partial charge in [-0.2, -0.15) is 17.4 Å². The maximum absolute atomic E-state index is 13.5. The summed E-state index contributed by atoms with van der Waals surface area (Å²) in [5.41, 5.74) is 0.790. The number of thiophene rings is 1. The number of carbonyl (C=O) groups is 3. The molecule has 1 aliphatic rings. The molecule has 14 heteroatoms. The summed E-state index contributed by atoms with van der Waals surface area (Å²) in [6.45, 7) is 3.94. The Hall–Kier alpha value is -1.39. The summed E-state index contributed by atoms with van der Waals surface area (Å²) < 4.78 is 29.9. The lowest BCUT2D eigenvalue weighted by Gasteiger charge is -2.25. The van der Waals surface area contributed by atoms with Crippen LogP contribution in [0, 0.1) is 9.49 Å². The van der Waals surface area contributed by atoms with Crippen molar-refractivity contribution in [2.24, 2.45) is 5.92 Å². The summed E-state index contributed by atoms with van der Waals surface area (Å²) in [4.78, 5) is 39.6. The number of thiol groups is 1. The second-order valence-electron chi connectivity index (χ2n) is 10.1. The van der Waals surface area contributed by atoms with Gasteiger partial charge < -0.3 is 16.0 Å². The molecule has 0 spiro atoms. The van der Waals surface area contributed by atoms with E-state index < -0.39 is 40.0 Å². The molecule has 0 bridgehead atoms. The van der Waals surface area contributed by atoms with Gasteiger partial charge in [-0.05, 0) is 84.0 Å². The van der Waals surface area contributed by atoms with Crippen LogP contribution in [0.5, 0.6) is 0 Å². The molecule has 9 nitrogen and oxygen atoms in total. The minimum absolute atomic E-state index is 0.00803. The van der Waals surface area contributed by atoms with Gasteiger partial charge in [0.2, 0.25) is 17.7 Å². The number of benzene rings is 1. The first kappa shape index (κ1) is 33.1. The van der Waals surface area contributed by atoms with Crippen LogP contribution in [-0.2, 0) is 30.8 Å². The molecule has 3 amide bonds. The zero-order valence-corrected chi connectivity index (χ0v) is 27.6. The van der Waals surface area contributed by atoms with E-state index >= 15 is 0 Å². The van der Waals surface area contributed by atoms with Gasteiger partial charge in [-0.25, -0.2) is 8.42 Å². The third-order valence-electron chi connectivity index (χ3n) is 6.19. The second-order valence-corrected chi connectivity index (χ2v) is 15.4. The smallest absolute Gasteiger partial charge is 0.250 e. The predicted molar refractivity (Wildman–Crippen MR) is 169 cm³/mol. The molecule has 1 heterocycles. The summed E-state index contributed by atoms with van der Waals surface area (Å²) in [5, 5.41) is 8.31. The van der Waals surface area contributed by atoms with Crippen molar-refractivity contribution in [2.75, 3.05) is 5.75 Å². The topological polar surface area (TPSA) is 133 Å². The summed E-state index contributed by atoms with van der Waals surface area (Å²) >= 11 is 13.2. The van der Waals surface area contributed by atoms with Gasteiger partial charge >= 0.3 is 0 Å². The van der Waals surface area contributed by atoms with E-state index in [0.29, 0.717) is 10.8 Å². The normalized spacial score (nSPS) is 15.8. The van der Waals surface area contributed by atoms with Gasteiger partial charge in [-0.15, -0.1) is 11.3 Å². The highest BCUT2D eigenvalue weighted by Crippen LogP contribution is 2.26. The SMILES string of the molecule is CC(C)CC[C@H](NS(=O)(=O)c1ccc(Cl)s1)C(=O)N[C@@H](Cc1ccc(I)cc1)C(=O)N[C@@H](CS)C(=O)NC1CC1. The van der Waals surface area contributed by atoms with Crippen molar-refractivity contribution in [1.29, 1.82) is 0 Å². The molecule has 1 aliphatic carbocycles. The Morgan fingerprint density at radius 3 is 2.15 bits per heavy atom. The first-order valence-corrected chi connectivity index (χ1v) is 17.3. The summed E-state index contributed by atoms with van der Waals surface area (Å²) in [6, 6.07) is 7.37. The van der Waals surface area contributed by atoms with Crippen molar-refractivity contribution >= 4 is 85.9 Å². The number of nitrogens with one attached hydrogen (secondary N) is 4. The van der Waals surface area contributed by atoms with Gasteiger partial charge in [0.05, 0.1) is 4.34 Å². The van der Waals surface area contributed by atoms with Gasteiger partial charge in [0, 0.05) is 21.8 Å². The van der Waals surface area contributed by atoms with E-state index in [1.807, 2.05) is 38.1 Å². The molecular weight excluding hydrogens is 707 g/mol. The van der Waals surface area contributed by atoms with Gasteiger partial charge in [-0.3, -0.25) is 14.4 Å². The Morgan fingerprint density at radius 1 is 0.975 bits per heavy atom. The number of carbonyl (C=O) groups excluding carboxylic acids is 3. The van der Waals surface area contributed by atoms with E-state index in [9.17, 15) is 22.8 Å². The van der Waals surface area contributed by atoms with Crippen LogP contribution >= 0.6 is 58.2 Å². The molecule has 2 aromatic rings. The quantitative estimate of drug-likeness (QED) is 0.141. The number of rotatable bonds is 15. The van der Waals surface area contributed by atoms with Crippen molar-refractivity contribution in [3.63, 3.8) is 0 Å². The molecule has 1 aromatic carbocycles. The van der Waals surface area contributed by atoms with Crippen LogP contribution in [0.25, 0.3) is 0 Å². The fourth-order valence-corrected chi connectivity index (χ4v) is 7.11. The molecule has 40 heavy (non-hydrogen) atoms. The van der Waals surface area contributed by atoms with Crippen LogP contribution in [0.4, 0.5) is 0 Å². The van der Waals surface area contributed by atoms with Crippen LogP contribution in [0.1, 0.15) is 45.1 Å². The lowest BCUT2D eigenvalue weighted by Crippen LogP contribution is -2.57. The molecule has 0 radical (unpaired) electrons. The van der Waals surface area contributed by atoms with E-state index in [4.69, 9.17) is 11.6 Å². The van der Waals surface area contributed by atoms with Crippen LogP contribution in [0.2, 0.25) is 4.34 Å². The number of hydrogen-bond donors (Lipinski definition) is 5. The summed E-state index contributed by atoms with van der Waals surface area (Å²) in [7, 11) is -4.03. The van der Waals surface area contributed by atoms with Crippen LogP contribution in [0.15, 0.2) is 40.6 Å². The van der Waals surface area contributed by atoms with Gasteiger partial charge in [0.1, 0.15) is 22.3 Å². The van der Waals surface area contributed by atoms with Crippen molar-refractivity contribution in [1.82, 2.24) is 20.7 Å². The van der Waals surface area contributed by atoms with Crippen LogP contribution < -0.4 is 20.7 Å². The highest BCUT2D eigenvalue weighted by atomic mass is 127. The molecule has 1 aromatic heterocycles. The fraction of sp³-hybridized carbons (Fsp3) is 0.500. The number of sulfonamides is 1. The van der Waals surface area contributed by atoms with E-state index in [2.05, 4.69) is 55.9 Å². The molecule has 0 unspecified atom stereocenters. The summed E-state index contributed by atoms with van der Waals surface area (Å²) in [6.07, 6.45) is 2.74. The van der Waals surface area contributed by atoms with E-state index in [1.165, 1.54) is 12.1 Å². The molecule has 0 aliphatic heterocycles. The van der Waals surface area contributed by atoms with E-state index in [-0.39, 0.29) is 40.7 Å². The molecule has 1 fully saturated rings. The maximum Gasteiger partial charge on any atom is 0.250 e. The first-order chi connectivity index (χ1) is 18.9. The number of amides is 3. The van der Waals surface area contributed by atoms with Crippen molar-refractivity contribution in [2.45, 2.75) is 74.3 Å². The molecule has 3 atom stereocenters. The second kappa shape index (κ2) is 15.2. The molecule has 220 valence electrons. The van der Waals surface area contributed by atoms with E-state index in [1.54, 1.807) is 0 Å². The average molecular weight is 741 g/mol. The highest BCUT2D eigenvalue weighted by molar-refractivity contribution is 14.1. The van der Waals surface area contributed by atoms with Crippen molar-refractivity contribution < 1.29 is 22.8 Å². The summed E-state index contributed by atoms with van der Waals surface area (Å²) in [5.74, 6) is -1.24. The third kappa shape index (κ3) is 10.5. The fourth-order valence-electron chi connectivity index (χ4n) is 3.76.